The molecule has 0 aromatic carbocycles. The average Bonchev–Trinajstić information content (AvgIpc) is 2.24. The average molecular weight is 213 g/mol. The molecule has 1 N–H and O–H groups in total. The molecule has 0 unspecified atom stereocenters. The standard InChI is InChI=1S/C12H25N2O/c1-3-5-7-9-11-14-12(15)13-10-8-6-4-2/h3-11H2,1-2H3,(H,14,15). The second kappa shape index (κ2) is 11.3. The number of carbonyl (C=O) groups is 1. The van der Waals surface area contributed by atoms with Crippen molar-refractivity contribution in [3.05, 3.63) is 0 Å². The third kappa shape index (κ3) is 11.2. The molecule has 15 heavy (non-hydrogen) atoms. The molecule has 0 bridgehead atoms. The van der Waals surface area contributed by atoms with Crippen LogP contribution in [0.5, 0.6) is 0 Å². The van der Waals surface area contributed by atoms with Crippen LogP contribution in [0.25, 0.3) is 0 Å². The summed E-state index contributed by atoms with van der Waals surface area (Å²) in [4.78, 5) is 11.2. The van der Waals surface area contributed by atoms with E-state index in [2.05, 4.69) is 24.5 Å². The van der Waals surface area contributed by atoms with Crippen LogP contribution in [0.4, 0.5) is 4.79 Å². The summed E-state index contributed by atoms with van der Waals surface area (Å²) in [5.74, 6) is 0. The first-order chi connectivity index (χ1) is 7.31. The molecule has 0 atom stereocenters. The molecule has 0 heterocycles. The Bertz CT molecular complexity index is 149. The van der Waals surface area contributed by atoms with E-state index in [1.807, 2.05) is 0 Å². The summed E-state index contributed by atoms with van der Waals surface area (Å²) >= 11 is 0. The van der Waals surface area contributed by atoms with E-state index in [1.54, 1.807) is 0 Å². The number of amides is 2. The fourth-order valence-corrected chi connectivity index (χ4v) is 1.35. The van der Waals surface area contributed by atoms with E-state index in [0.717, 1.165) is 25.8 Å². The monoisotopic (exact) mass is 213 g/mol. The largest absolute Gasteiger partial charge is 0.337 e. The lowest BCUT2D eigenvalue weighted by molar-refractivity contribution is 0.239. The summed E-state index contributed by atoms with van der Waals surface area (Å²) in [7, 11) is 0. The summed E-state index contributed by atoms with van der Waals surface area (Å²) in [6, 6.07) is -0.136. The molecule has 0 aliphatic heterocycles. The van der Waals surface area contributed by atoms with Crippen LogP contribution in [0.15, 0.2) is 0 Å². The normalized spacial score (nSPS) is 10.0. The maximum atomic E-state index is 11.2. The highest BCUT2D eigenvalue weighted by atomic mass is 16.2. The van der Waals surface area contributed by atoms with Crippen LogP contribution in [0.2, 0.25) is 0 Å². The van der Waals surface area contributed by atoms with E-state index >= 15 is 0 Å². The predicted molar refractivity (Wildman–Crippen MR) is 64.1 cm³/mol. The van der Waals surface area contributed by atoms with Crippen LogP contribution in [0, 0.1) is 0 Å². The summed E-state index contributed by atoms with van der Waals surface area (Å²) in [6.45, 7) is 5.78. The van der Waals surface area contributed by atoms with Gasteiger partial charge in [-0.15, -0.1) is 0 Å². The summed E-state index contributed by atoms with van der Waals surface area (Å²) in [5.41, 5.74) is 0. The Kier molecular flexibility index (Phi) is 10.8. The second-order valence-corrected chi connectivity index (χ2v) is 3.88. The van der Waals surface area contributed by atoms with Gasteiger partial charge < -0.3 is 5.32 Å². The molecule has 0 rings (SSSR count). The Balaban J connectivity index is 3.11. The van der Waals surface area contributed by atoms with Gasteiger partial charge in [0.05, 0.1) is 0 Å². The minimum Gasteiger partial charge on any atom is -0.337 e. The zero-order chi connectivity index (χ0) is 11.4. The number of urea groups is 1. The SMILES string of the molecule is CCCCCCNC(=O)[N]CCCCC. The molecule has 0 fully saturated rings. The summed E-state index contributed by atoms with van der Waals surface area (Å²) < 4.78 is 0. The molecule has 89 valence electrons. The molecule has 0 aliphatic carbocycles. The van der Waals surface area contributed by atoms with E-state index in [4.69, 9.17) is 0 Å². The number of nitrogens with one attached hydrogen (secondary N) is 1. The van der Waals surface area contributed by atoms with Crippen molar-refractivity contribution in [3.8, 4) is 0 Å². The molecule has 0 saturated heterocycles. The van der Waals surface area contributed by atoms with Gasteiger partial charge in [0, 0.05) is 13.1 Å². The molecular weight excluding hydrogens is 188 g/mol. The third-order valence-corrected chi connectivity index (χ3v) is 2.32. The van der Waals surface area contributed by atoms with Gasteiger partial charge in [-0.3, -0.25) is 0 Å². The van der Waals surface area contributed by atoms with Crippen LogP contribution in [-0.4, -0.2) is 19.1 Å². The first kappa shape index (κ1) is 14.3. The van der Waals surface area contributed by atoms with E-state index in [1.165, 1.54) is 25.7 Å². The highest BCUT2D eigenvalue weighted by molar-refractivity contribution is 5.73. The minimum atomic E-state index is -0.136. The van der Waals surface area contributed by atoms with Crippen molar-refractivity contribution in [1.82, 2.24) is 10.6 Å². The molecule has 0 aromatic rings. The molecule has 0 spiro atoms. The molecule has 0 aromatic heterocycles. The third-order valence-electron chi connectivity index (χ3n) is 2.32. The van der Waals surface area contributed by atoms with Crippen molar-refractivity contribution in [1.29, 1.82) is 0 Å². The van der Waals surface area contributed by atoms with Gasteiger partial charge in [-0.1, -0.05) is 46.0 Å². The molecular formula is C12H25N2O. The minimum absolute atomic E-state index is 0.136. The lowest BCUT2D eigenvalue weighted by Gasteiger charge is -2.04. The van der Waals surface area contributed by atoms with Gasteiger partial charge in [-0.05, 0) is 12.8 Å². The van der Waals surface area contributed by atoms with Gasteiger partial charge in [-0.25, -0.2) is 10.1 Å². The van der Waals surface area contributed by atoms with E-state index in [-0.39, 0.29) is 6.03 Å². The van der Waals surface area contributed by atoms with Crippen molar-refractivity contribution in [3.63, 3.8) is 0 Å². The first-order valence-corrected chi connectivity index (χ1v) is 6.26. The zero-order valence-electron chi connectivity index (χ0n) is 10.2. The molecule has 3 nitrogen and oxygen atoms in total. The van der Waals surface area contributed by atoms with Crippen LogP contribution < -0.4 is 10.6 Å². The van der Waals surface area contributed by atoms with Crippen molar-refractivity contribution in [2.24, 2.45) is 0 Å². The Labute approximate surface area is 94.0 Å². The molecule has 2 amide bonds. The van der Waals surface area contributed by atoms with Crippen molar-refractivity contribution in [2.75, 3.05) is 13.1 Å². The smallest absolute Gasteiger partial charge is 0.336 e. The topological polar surface area (TPSA) is 43.2 Å². The number of carbonyl (C=O) groups excluding carboxylic acids is 1. The highest BCUT2D eigenvalue weighted by Crippen LogP contribution is 1.97. The summed E-state index contributed by atoms with van der Waals surface area (Å²) in [5, 5.41) is 6.74. The quantitative estimate of drug-likeness (QED) is 0.588. The van der Waals surface area contributed by atoms with Gasteiger partial charge in [0.25, 0.3) is 0 Å². The fourth-order valence-electron chi connectivity index (χ4n) is 1.35. The lowest BCUT2D eigenvalue weighted by Crippen LogP contribution is -2.31. The van der Waals surface area contributed by atoms with E-state index < -0.39 is 0 Å². The Morgan fingerprint density at radius 1 is 1.00 bits per heavy atom. The Morgan fingerprint density at radius 3 is 2.33 bits per heavy atom. The van der Waals surface area contributed by atoms with E-state index in [9.17, 15) is 4.79 Å². The fraction of sp³-hybridized carbons (Fsp3) is 0.917. The zero-order valence-corrected chi connectivity index (χ0v) is 10.2. The van der Waals surface area contributed by atoms with E-state index in [0.29, 0.717) is 6.54 Å². The molecule has 0 saturated carbocycles. The van der Waals surface area contributed by atoms with Crippen LogP contribution in [-0.2, 0) is 0 Å². The van der Waals surface area contributed by atoms with Gasteiger partial charge in [0.2, 0.25) is 0 Å². The number of unbranched alkanes of at least 4 members (excludes halogenated alkanes) is 5. The Morgan fingerprint density at radius 2 is 1.67 bits per heavy atom. The number of rotatable bonds is 9. The van der Waals surface area contributed by atoms with Gasteiger partial charge in [-0.2, -0.15) is 0 Å². The molecule has 3 heteroatoms. The number of nitrogens with zero attached hydrogens (tertiary/aromatic N) is 1. The van der Waals surface area contributed by atoms with Crippen LogP contribution >= 0.6 is 0 Å². The van der Waals surface area contributed by atoms with Crippen LogP contribution in [0.3, 0.4) is 0 Å². The molecule has 1 radical (unpaired) electrons. The van der Waals surface area contributed by atoms with Gasteiger partial charge in [0.15, 0.2) is 0 Å². The van der Waals surface area contributed by atoms with Crippen molar-refractivity contribution in [2.45, 2.75) is 58.8 Å². The lowest BCUT2D eigenvalue weighted by atomic mass is 10.2. The first-order valence-electron chi connectivity index (χ1n) is 6.26. The predicted octanol–water partition coefficient (Wildman–Crippen LogP) is 3.07. The van der Waals surface area contributed by atoms with Gasteiger partial charge >= 0.3 is 6.03 Å². The van der Waals surface area contributed by atoms with Crippen LogP contribution in [0.1, 0.15) is 58.8 Å². The maximum Gasteiger partial charge on any atom is 0.336 e. The maximum absolute atomic E-state index is 11.2. The number of hydrogen-bond donors (Lipinski definition) is 1. The Hall–Kier alpha value is -0.730. The van der Waals surface area contributed by atoms with Crippen molar-refractivity contribution >= 4 is 6.03 Å². The van der Waals surface area contributed by atoms with Crippen molar-refractivity contribution < 1.29 is 4.79 Å². The summed E-state index contributed by atoms with van der Waals surface area (Å²) in [6.07, 6.45) is 8.12. The number of hydrogen-bond acceptors (Lipinski definition) is 1. The second-order valence-electron chi connectivity index (χ2n) is 3.88. The molecule has 0 aliphatic rings. The van der Waals surface area contributed by atoms with Gasteiger partial charge in [0.1, 0.15) is 0 Å². The highest BCUT2D eigenvalue weighted by Gasteiger charge is 1.99.